The lowest BCUT2D eigenvalue weighted by atomic mass is 10.3. The van der Waals surface area contributed by atoms with Crippen molar-refractivity contribution in [3.8, 4) is 5.69 Å². The molecule has 0 atom stereocenters. The van der Waals surface area contributed by atoms with Crippen LogP contribution in [0.1, 0.15) is 18.3 Å². The Morgan fingerprint density at radius 3 is 2.67 bits per heavy atom. The minimum absolute atomic E-state index is 0.799. The summed E-state index contributed by atoms with van der Waals surface area (Å²) >= 11 is 0. The molecule has 0 saturated heterocycles. The molecule has 0 fully saturated rings. The summed E-state index contributed by atoms with van der Waals surface area (Å²) in [6, 6.07) is 16.5. The number of para-hydroxylation sites is 1. The van der Waals surface area contributed by atoms with Crippen molar-refractivity contribution >= 4 is 0 Å². The Bertz CT molecular complexity index is 682. The van der Waals surface area contributed by atoms with Crippen LogP contribution < -0.4 is 5.32 Å². The average Bonchev–Trinajstić information content (AvgIpc) is 3.16. The Morgan fingerprint density at radius 1 is 1.00 bits per heavy atom. The summed E-state index contributed by atoms with van der Waals surface area (Å²) in [5, 5.41) is 8.01. The van der Waals surface area contributed by atoms with Crippen LogP contribution in [0.25, 0.3) is 5.69 Å². The Kier molecular flexibility index (Phi) is 4.17. The molecule has 0 radical (unpaired) electrons. The van der Waals surface area contributed by atoms with Gasteiger partial charge in [-0.25, -0.2) is 4.68 Å². The highest BCUT2D eigenvalue weighted by atomic mass is 15.3. The van der Waals surface area contributed by atoms with Gasteiger partial charge in [-0.15, -0.1) is 0 Å². The monoisotopic (exact) mass is 280 g/mol. The zero-order valence-corrected chi connectivity index (χ0v) is 12.2. The van der Waals surface area contributed by atoms with E-state index in [2.05, 4.69) is 58.4 Å². The minimum atomic E-state index is 0.799. The molecule has 0 spiro atoms. The van der Waals surface area contributed by atoms with E-state index in [9.17, 15) is 0 Å². The number of hydrogen-bond acceptors (Lipinski definition) is 2. The van der Waals surface area contributed by atoms with Crippen LogP contribution in [-0.4, -0.2) is 20.9 Å². The summed E-state index contributed by atoms with van der Waals surface area (Å²) in [5.74, 6) is 0. The molecule has 4 nitrogen and oxygen atoms in total. The predicted molar refractivity (Wildman–Crippen MR) is 84.5 cm³/mol. The molecule has 1 aromatic carbocycles. The maximum absolute atomic E-state index is 4.65. The first-order chi connectivity index (χ1) is 10.4. The highest BCUT2D eigenvalue weighted by molar-refractivity contribution is 5.30. The van der Waals surface area contributed by atoms with Gasteiger partial charge in [-0.1, -0.05) is 25.1 Å². The number of aromatic nitrogens is 3. The highest BCUT2D eigenvalue weighted by Gasteiger charge is 2.05. The van der Waals surface area contributed by atoms with Gasteiger partial charge in [-0.3, -0.25) is 0 Å². The molecule has 3 aromatic rings. The zero-order chi connectivity index (χ0) is 14.5. The van der Waals surface area contributed by atoms with Crippen molar-refractivity contribution in [3.05, 3.63) is 72.3 Å². The summed E-state index contributed by atoms with van der Waals surface area (Å²) in [7, 11) is 0. The van der Waals surface area contributed by atoms with Crippen LogP contribution in [0.2, 0.25) is 0 Å². The van der Waals surface area contributed by atoms with Gasteiger partial charge in [0.15, 0.2) is 0 Å². The van der Waals surface area contributed by atoms with Gasteiger partial charge in [0.25, 0.3) is 0 Å². The first-order valence-corrected chi connectivity index (χ1v) is 7.31. The average molecular weight is 280 g/mol. The zero-order valence-electron chi connectivity index (χ0n) is 12.2. The van der Waals surface area contributed by atoms with Crippen molar-refractivity contribution in [3.63, 3.8) is 0 Å². The van der Waals surface area contributed by atoms with Crippen molar-refractivity contribution < 1.29 is 0 Å². The Balaban J connectivity index is 1.74. The van der Waals surface area contributed by atoms with Crippen molar-refractivity contribution in [1.29, 1.82) is 0 Å². The molecule has 0 aliphatic rings. The molecule has 1 N–H and O–H groups in total. The first-order valence-electron chi connectivity index (χ1n) is 7.31. The quantitative estimate of drug-likeness (QED) is 0.753. The Hall–Kier alpha value is -2.33. The van der Waals surface area contributed by atoms with Gasteiger partial charge in [-0.05, 0) is 36.9 Å². The van der Waals surface area contributed by atoms with E-state index < -0.39 is 0 Å². The number of nitrogens with one attached hydrogen (secondary N) is 1. The minimum Gasteiger partial charge on any atom is -0.344 e. The molecule has 3 rings (SSSR count). The van der Waals surface area contributed by atoms with Crippen molar-refractivity contribution in [2.24, 2.45) is 0 Å². The summed E-state index contributed by atoms with van der Waals surface area (Å²) in [4.78, 5) is 0. The predicted octanol–water partition coefficient (Wildman–Crippen LogP) is 2.83. The number of benzene rings is 1. The first kappa shape index (κ1) is 13.6. The topological polar surface area (TPSA) is 34.8 Å². The van der Waals surface area contributed by atoms with Crippen LogP contribution in [0.4, 0.5) is 0 Å². The van der Waals surface area contributed by atoms with Crippen LogP contribution in [0, 0.1) is 0 Å². The number of hydrogen-bond donors (Lipinski definition) is 1. The molecule has 0 aliphatic carbocycles. The molecule has 21 heavy (non-hydrogen) atoms. The Morgan fingerprint density at radius 2 is 1.86 bits per heavy atom. The van der Waals surface area contributed by atoms with Crippen LogP contribution in [0.15, 0.2) is 60.9 Å². The van der Waals surface area contributed by atoms with Crippen molar-refractivity contribution in [2.45, 2.75) is 20.0 Å². The highest BCUT2D eigenvalue weighted by Crippen LogP contribution is 2.10. The van der Waals surface area contributed by atoms with Gasteiger partial charge in [0.2, 0.25) is 0 Å². The van der Waals surface area contributed by atoms with Crippen LogP contribution >= 0.6 is 0 Å². The van der Waals surface area contributed by atoms with E-state index in [0.29, 0.717) is 0 Å². The van der Waals surface area contributed by atoms with Crippen molar-refractivity contribution in [2.75, 3.05) is 6.54 Å². The smallest absolute Gasteiger partial charge is 0.0826 e. The maximum Gasteiger partial charge on any atom is 0.0826 e. The van der Waals surface area contributed by atoms with E-state index in [4.69, 9.17) is 0 Å². The van der Waals surface area contributed by atoms with E-state index in [1.165, 1.54) is 5.69 Å². The normalized spacial score (nSPS) is 10.9. The van der Waals surface area contributed by atoms with Gasteiger partial charge < -0.3 is 9.88 Å². The fraction of sp³-hybridized carbons (Fsp3) is 0.235. The van der Waals surface area contributed by atoms with Crippen molar-refractivity contribution in [1.82, 2.24) is 19.7 Å². The summed E-state index contributed by atoms with van der Waals surface area (Å²) in [6.45, 7) is 4.79. The standard InChI is InChI=1S/C17H20N4/c1-2-18-13-17-9-6-11-20(17)14-15-10-12-21(19-15)16-7-4-3-5-8-16/h3-12,18H,2,13-14H2,1H3. The summed E-state index contributed by atoms with van der Waals surface area (Å²) in [5.41, 5.74) is 3.43. The molecule has 0 saturated carbocycles. The largest absolute Gasteiger partial charge is 0.344 e. The molecule has 4 heteroatoms. The third kappa shape index (κ3) is 3.23. The van der Waals surface area contributed by atoms with Crippen LogP contribution in [0.3, 0.4) is 0 Å². The van der Waals surface area contributed by atoms with Crippen LogP contribution in [-0.2, 0) is 13.1 Å². The van der Waals surface area contributed by atoms with E-state index >= 15 is 0 Å². The van der Waals surface area contributed by atoms with Gasteiger partial charge in [0, 0.05) is 24.6 Å². The van der Waals surface area contributed by atoms with Gasteiger partial charge in [0.1, 0.15) is 0 Å². The fourth-order valence-corrected chi connectivity index (χ4v) is 2.36. The molecule has 0 amide bonds. The third-order valence-electron chi connectivity index (χ3n) is 3.48. The van der Waals surface area contributed by atoms with E-state index in [-0.39, 0.29) is 0 Å². The van der Waals surface area contributed by atoms with Gasteiger partial charge >= 0.3 is 0 Å². The summed E-state index contributed by atoms with van der Waals surface area (Å²) in [6.07, 6.45) is 4.12. The van der Waals surface area contributed by atoms with E-state index in [1.807, 2.05) is 29.1 Å². The molecule has 0 bridgehead atoms. The molecule has 0 unspecified atom stereocenters. The molecule has 2 aromatic heterocycles. The molecule has 2 heterocycles. The lowest BCUT2D eigenvalue weighted by Gasteiger charge is -2.08. The van der Waals surface area contributed by atoms with E-state index in [0.717, 1.165) is 31.0 Å². The lowest BCUT2D eigenvalue weighted by molar-refractivity contribution is 0.648. The molecule has 0 aliphatic heterocycles. The second-order valence-electron chi connectivity index (χ2n) is 4.99. The SMILES string of the molecule is CCNCc1cccn1Cc1ccn(-c2ccccc2)n1. The maximum atomic E-state index is 4.65. The summed E-state index contributed by atoms with van der Waals surface area (Å²) < 4.78 is 4.16. The second kappa shape index (κ2) is 6.41. The Labute approximate surface area is 125 Å². The lowest BCUT2D eigenvalue weighted by Crippen LogP contribution is -2.15. The molecule has 108 valence electrons. The molecular formula is C17H20N4. The fourth-order valence-electron chi connectivity index (χ4n) is 2.36. The molecular weight excluding hydrogens is 260 g/mol. The van der Waals surface area contributed by atoms with E-state index in [1.54, 1.807) is 0 Å². The van der Waals surface area contributed by atoms with Gasteiger partial charge in [0.05, 0.1) is 17.9 Å². The van der Waals surface area contributed by atoms with Crippen LogP contribution in [0.5, 0.6) is 0 Å². The third-order valence-corrected chi connectivity index (χ3v) is 3.48. The second-order valence-corrected chi connectivity index (χ2v) is 4.99. The number of rotatable bonds is 6. The number of nitrogens with zero attached hydrogens (tertiary/aromatic N) is 3. The van der Waals surface area contributed by atoms with Gasteiger partial charge in [-0.2, -0.15) is 5.10 Å².